The van der Waals surface area contributed by atoms with E-state index in [2.05, 4.69) is 21.7 Å². The van der Waals surface area contributed by atoms with Gasteiger partial charge in [-0.05, 0) is 18.6 Å². The van der Waals surface area contributed by atoms with Gasteiger partial charge >= 0.3 is 6.01 Å². The molecule has 0 spiro atoms. The van der Waals surface area contributed by atoms with Crippen molar-refractivity contribution in [3.63, 3.8) is 0 Å². The van der Waals surface area contributed by atoms with Gasteiger partial charge in [-0.2, -0.15) is 4.98 Å². The third-order valence-corrected chi connectivity index (χ3v) is 3.24. The number of aryl methyl sites for hydroxylation is 1. The minimum atomic E-state index is -0.0784. The topological polar surface area (TPSA) is 67.2 Å². The van der Waals surface area contributed by atoms with Gasteiger partial charge in [0.15, 0.2) is 0 Å². The zero-order chi connectivity index (χ0) is 13.2. The maximum absolute atomic E-state index is 11.9. The summed E-state index contributed by atoms with van der Waals surface area (Å²) in [6.45, 7) is 2.60. The van der Waals surface area contributed by atoms with Gasteiger partial charge in [0.2, 0.25) is 5.91 Å². The van der Waals surface area contributed by atoms with Crippen LogP contribution < -0.4 is 10.6 Å². The summed E-state index contributed by atoms with van der Waals surface area (Å²) in [5, 5.41) is 5.98. The number of nitrogens with zero attached hydrogens (tertiary/aromatic N) is 1. The molecule has 2 N–H and O–H groups in total. The Morgan fingerprint density at radius 2 is 2.37 bits per heavy atom. The van der Waals surface area contributed by atoms with Gasteiger partial charge < -0.3 is 9.73 Å². The van der Waals surface area contributed by atoms with E-state index in [4.69, 9.17) is 4.42 Å². The monoisotopic (exact) mass is 257 g/mol. The van der Waals surface area contributed by atoms with E-state index in [9.17, 15) is 4.79 Å². The molecule has 2 aromatic rings. The number of amides is 1. The van der Waals surface area contributed by atoms with Crippen molar-refractivity contribution < 1.29 is 9.21 Å². The Hall–Kier alpha value is -2.30. The summed E-state index contributed by atoms with van der Waals surface area (Å²) in [7, 11) is 0. The van der Waals surface area contributed by atoms with Gasteiger partial charge in [0.25, 0.3) is 0 Å². The summed E-state index contributed by atoms with van der Waals surface area (Å²) in [6, 6.07) is 8.34. The smallest absolute Gasteiger partial charge is 0.301 e. The van der Waals surface area contributed by atoms with Crippen molar-refractivity contribution in [3.05, 3.63) is 41.8 Å². The number of fused-ring (bicyclic) bond motifs is 1. The molecular weight excluding hydrogens is 242 g/mol. The molecule has 0 saturated carbocycles. The molecular formula is C14H15N3O2. The van der Waals surface area contributed by atoms with Crippen LogP contribution in [0, 0.1) is 6.92 Å². The number of carbonyl (C=O) groups is 1. The number of nitrogens with one attached hydrogen (secondary N) is 2. The Kier molecular flexibility index (Phi) is 2.95. The SMILES string of the molecule is Cc1coc(NC(=O)CC2CNc3ccccc32)n1. The van der Waals surface area contributed by atoms with E-state index in [1.807, 2.05) is 25.1 Å². The summed E-state index contributed by atoms with van der Waals surface area (Å²) < 4.78 is 5.11. The van der Waals surface area contributed by atoms with Gasteiger partial charge in [-0.1, -0.05) is 18.2 Å². The van der Waals surface area contributed by atoms with Crippen molar-refractivity contribution in [1.29, 1.82) is 0 Å². The number of benzene rings is 1. The van der Waals surface area contributed by atoms with Gasteiger partial charge in [-0.3, -0.25) is 10.1 Å². The van der Waals surface area contributed by atoms with Crippen molar-refractivity contribution in [2.75, 3.05) is 17.2 Å². The molecule has 0 bridgehead atoms. The minimum Gasteiger partial charge on any atom is -0.432 e. The normalized spacial score (nSPS) is 16.8. The average Bonchev–Trinajstić information content (AvgIpc) is 2.97. The molecule has 1 unspecified atom stereocenters. The first kappa shape index (κ1) is 11.8. The van der Waals surface area contributed by atoms with Crippen LogP contribution in [0.5, 0.6) is 0 Å². The molecule has 5 heteroatoms. The van der Waals surface area contributed by atoms with Crippen LogP contribution in [0.1, 0.15) is 23.6 Å². The molecule has 1 aromatic carbocycles. The first-order chi connectivity index (χ1) is 9.22. The Balaban J connectivity index is 1.65. The van der Waals surface area contributed by atoms with Crippen LogP contribution >= 0.6 is 0 Å². The number of hydrogen-bond acceptors (Lipinski definition) is 4. The summed E-state index contributed by atoms with van der Waals surface area (Å²) in [5.41, 5.74) is 3.07. The quantitative estimate of drug-likeness (QED) is 0.886. The number of rotatable bonds is 3. The second kappa shape index (κ2) is 4.76. The second-order valence-corrected chi connectivity index (χ2v) is 4.71. The van der Waals surface area contributed by atoms with Crippen molar-refractivity contribution >= 4 is 17.6 Å². The highest BCUT2D eigenvalue weighted by Gasteiger charge is 2.24. The minimum absolute atomic E-state index is 0.0784. The van der Waals surface area contributed by atoms with Crippen LogP contribution in [-0.4, -0.2) is 17.4 Å². The third-order valence-electron chi connectivity index (χ3n) is 3.24. The molecule has 0 saturated heterocycles. The van der Waals surface area contributed by atoms with Crippen molar-refractivity contribution in [1.82, 2.24) is 4.98 Å². The zero-order valence-electron chi connectivity index (χ0n) is 10.6. The van der Waals surface area contributed by atoms with E-state index in [1.165, 1.54) is 11.8 Å². The van der Waals surface area contributed by atoms with Crippen LogP contribution in [0.15, 0.2) is 34.9 Å². The van der Waals surface area contributed by atoms with Gasteiger partial charge in [-0.15, -0.1) is 0 Å². The summed E-state index contributed by atoms with van der Waals surface area (Å²) >= 11 is 0. The van der Waals surface area contributed by atoms with Crippen LogP contribution in [0.25, 0.3) is 0 Å². The Morgan fingerprint density at radius 1 is 1.53 bits per heavy atom. The number of hydrogen-bond donors (Lipinski definition) is 2. The van der Waals surface area contributed by atoms with Crippen LogP contribution in [0.2, 0.25) is 0 Å². The standard InChI is InChI=1S/C14H15N3O2/c1-9-8-19-14(16-9)17-13(18)6-10-7-15-12-5-3-2-4-11(10)12/h2-5,8,10,15H,6-7H2,1H3,(H,16,17,18). The summed E-state index contributed by atoms with van der Waals surface area (Å²) in [5.74, 6) is 0.123. The van der Waals surface area contributed by atoms with Gasteiger partial charge in [0.05, 0.1) is 5.69 Å². The Labute approximate surface area is 111 Å². The van der Waals surface area contributed by atoms with Crippen molar-refractivity contribution in [2.45, 2.75) is 19.3 Å². The summed E-state index contributed by atoms with van der Waals surface area (Å²) in [4.78, 5) is 16.0. The molecule has 3 rings (SSSR count). The molecule has 1 atom stereocenters. The van der Waals surface area contributed by atoms with E-state index in [1.54, 1.807) is 0 Å². The van der Waals surface area contributed by atoms with Gasteiger partial charge in [-0.25, -0.2) is 0 Å². The second-order valence-electron chi connectivity index (χ2n) is 4.71. The molecule has 1 aliphatic rings. The van der Waals surface area contributed by atoms with Crippen LogP contribution in [0.4, 0.5) is 11.7 Å². The number of oxazole rings is 1. The number of aromatic nitrogens is 1. The molecule has 19 heavy (non-hydrogen) atoms. The number of anilines is 2. The number of para-hydroxylation sites is 1. The fraction of sp³-hybridized carbons (Fsp3) is 0.286. The predicted octanol–water partition coefficient (Wildman–Crippen LogP) is 2.52. The van der Waals surface area contributed by atoms with E-state index < -0.39 is 0 Å². The van der Waals surface area contributed by atoms with E-state index in [-0.39, 0.29) is 17.8 Å². The lowest BCUT2D eigenvalue weighted by atomic mass is 9.98. The highest BCUT2D eigenvalue weighted by molar-refractivity contribution is 5.89. The van der Waals surface area contributed by atoms with Crippen LogP contribution in [0.3, 0.4) is 0 Å². The third kappa shape index (κ3) is 2.45. The molecule has 5 nitrogen and oxygen atoms in total. The highest BCUT2D eigenvalue weighted by atomic mass is 16.4. The van der Waals surface area contributed by atoms with Gasteiger partial charge in [0.1, 0.15) is 6.26 Å². The molecule has 1 aromatic heterocycles. The van der Waals surface area contributed by atoms with Crippen LogP contribution in [-0.2, 0) is 4.79 Å². The molecule has 1 aliphatic heterocycles. The predicted molar refractivity (Wildman–Crippen MR) is 72.2 cm³/mol. The molecule has 0 aliphatic carbocycles. The Bertz CT molecular complexity index is 606. The first-order valence-corrected chi connectivity index (χ1v) is 6.27. The zero-order valence-corrected chi connectivity index (χ0v) is 10.6. The number of carbonyl (C=O) groups excluding carboxylic acids is 1. The lowest BCUT2D eigenvalue weighted by Gasteiger charge is -2.08. The largest absolute Gasteiger partial charge is 0.432 e. The molecule has 98 valence electrons. The van der Waals surface area contributed by atoms with E-state index >= 15 is 0 Å². The van der Waals surface area contributed by atoms with E-state index in [0.717, 1.165) is 17.9 Å². The maximum atomic E-state index is 11.9. The Morgan fingerprint density at radius 3 is 3.16 bits per heavy atom. The molecule has 1 amide bonds. The average molecular weight is 257 g/mol. The highest BCUT2D eigenvalue weighted by Crippen LogP contribution is 2.33. The molecule has 0 fully saturated rings. The van der Waals surface area contributed by atoms with Gasteiger partial charge in [0, 0.05) is 24.6 Å². The lowest BCUT2D eigenvalue weighted by Crippen LogP contribution is -2.16. The first-order valence-electron chi connectivity index (χ1n) is 6.27. The lowest BCUT2D eigenvalue weighted by molar-refractivity contribution is -0.116. The maximum Gasteiger partial charge on any atom is 0.301 e. The van der Waals surface area contributed by atoms with Crippen molar-refractivity contribution in [2.24, 2.45) is 0 Å². The summed E-state index contributed by atoms with van der Waals surface area (Å²) in [6.07, 6.45) is 1.94. The van der Waals surface area contributed by atoms with E-state index in [0.29, 0.717) is 6.42 Å². The fourth-order valence-corrected chi connectivity index (χ4v) is 2.34. The molecule has 0 radical (unpaired) electrons. The van der Waals surface area contributed by atoms with Crippen molar-refractivity contribution in [3.8, 4) is 0 Å². The fourth-order valence-electron chi connectivity index (χ4n) is 2.34. The molecule has 2 heterocycles.